The van der Waals surface area contributed by atoms with E-state index in [0.29, 0.717) is 24.7 Å². The molecule has 0 saturated carbocycles. The van der Waals surface area contributed by atoms with Gasteiger partial charge in [-0.25, -0.2) is 4.98 Å². The second-order valence-corrected chi connectivity index (χ2v) is 3.94. The van der Waals surface area contributed by atoms with Crippen LogP contribution in [0.25, 0.3) is 0 Å². The van der Waals surface area contributed by atoms with Crippen molar-refractivity contribution in [2.75, 3.05) is 38.3 Å². The van der Waals surface area contributed by atoms with Crippen LogP contribution in [0, 0.1) is 0 Å². The summed E-state index contributed by atoms with van der Waals surface area (Å²) in [4.78, 5) is 28.9. The molecule has 7 heteroatoms. The maximum absolute atomic E-state index is 11.8. The predicted octanol–water partition coefficient (Wildman–Crippen LogP) is -0.430. The van der Waals surface area contributed by atoms with Gasteiger partial charge in [-0.1, -0.05) is 0 Å². The van der Waals surface area contributed by atoms with Crippen LogP contribution >= 0.6 is 0 Å². The SMILES string of the molecule is COCCNC(=O)CN1C(=O)COc2cccnc21. The highest BCUT2D eigenvalue weighted by atomic mass is 16.5. The Balaban J connectivity index is 2.03. The molecule has 19 heavy (non-hydrogen) atoms. The van der Waals surface area contributed by atoms with Crippen LogP contribution in [0.15, 0.2) is 18.3 Å². The lowest BCUT2D eigenvalue weighted by Crippen LogP contribution is -2.46. The van der Waals surface area contributed by atoms with Crippen molar-refractivity contribution in [2.45, 2.75) is 0 Å². The van der Waals surface area contributed by atoms with Crippen LogP contribution in [0.3, 0.4) is 0 Å². The molecule has 0 radical (unpaired) electrons. The van der Waals surface area contributed by atoms with Crippen LogP contribution in [0.1, 0.15) is 0 Å². The van der Waals surface area contributed by atoms with Gasteiger partial charge in [0.15, 0.2) is 18.2 Å². The molecule has 1 aliphatic rings. The summed E-state index contributed by atoms with van der Waals surface area (Å²) in [5.74, 6) is 0.337. The van der Waals surface area contributed by atoms with Crippen molar-refractivity contribution in [1.82, 2.24) is 10.3 Å². The predicted molar refractivity (Wildman–Crippen MR) is 67.0 cm³/mol. The molecule has 0 atom stereocenters. The lowest BCUT2D eigenvalue weighted by Gasteiger charge is -2.27. The highest BCUT2D eigenvalue weighted by molar-refractivity contribution is 6.01. The van der Waals surface area contributed by atoms with E-state index in [1.165, 1.54) is 4.90 Å². The monoisotopic (exact) mass is 265 g/mol. The van der Waals surface area contributed by atoms with Crippen LogP contribution < -0.4 is 15.0 Å². The molecule has 0 saturated heterocycles. The van der Waals surface area contributed by atoms with Crippen LogP contribution in [0.5, 0.6) is 5.75 Å². The van der Waals surface area contributed by atoms with Crippen LogP contribution in [-0.4, -0.2) is 50.2 Å². The minimum absolute atomic E-state index is 0.0735. The summed E-state index contributed by atoms with van der Waals surface area (Å²) in [6, 6.07) is 3.43. The molecular weight excluding hydrogens is 250 g/mol. The fraction of sp³-hybridized carbons (Fsp3) is 0.417. The van der Waals surface area contributed by atoms with Crippen molar-refractivity contribution in [1.29, 1.82) is 0 Å². The normalized spacial score (nSPS) is 13.7. The Bertz CT molecular complexity index is 478. The first-order valence-corrected chi connectivity index (χ1v) is 5.86. The summed E-state index contributed by atoms with van der Waals surface area (Å²) >= 11 is 0. The third-order valence-corrected chi connectivity index (χ3v) is 2.59. The number of amides is 2. The minimum atomic E-state index is -0.284. The van der Waals surface area contributed by atoms with Crippen molar-refractivity contribution in [2.24, 2.45) is 0 Å². The molecule has 0 fully saturated rings. The highest BCUT2D eigenvalue weighted by Gasteiger charge is 2.28. The Labute approximate surface area is 110 Å². The van der Waals surface area contributed by atoms with E-state index < -0.39 is 0 Å². The molecule has 0 aliphatic carbocycles. The number of fused-ring (bicyclic) bond motifs is 1. The standard InChI is InChI=1S/C12H15N3O4/c1-18-6-5-13-10(16)7-15-11(17)8-19-9-3-2-4-14-12(9)15/h2-4H,5-8H2,1H3,(H,13,16). The number of pyridine rings is 1. The van der Waals surface area contributed by atoms with Crippen LogP contribution in [0.4, 0.5) is 5.82 Å². The maximum Gasteiger partial charge on any atom is 0.266 e. The number of carbonyl (C=O) groups is 2. The number of carbonyl (C=O) groups excluding carboxylic acids is 2. The Hall–Kier alpha value is -2.15. The zero-order valence-electron chi connectivity index (χ0n) is 10.6. The Morgan fingerprint density at radius 3 is 3.26 bits per heavy atom. The smallest absolute Gasteiger partial charge is 0.266 e. The van der Waals surface area contributed by atoms with Gasteiger partial charge in [0.05, 0.1) is 6.61 Å². The maximum atomic E-state index is 11.8. The number of methoxy groups -OCH3 is 1. The number of hydrogen-bond acceptors (Lipinski definition) is 5. The summed E-state index contributed by atoms with van der Waals surface area (Å²) in [7, 11) is 1.55. The van der Waals surface area contributed by atoms with Gasteiger partial charge in [-0.3, -0.25) is 14.5 Å². The quantitative estimate of drug-likeness (QED) is 0.731. The van der Waals surface area contributed by atoms with E-state index in [2.05, 4.69) is 10.3 Å². The molecule has 0 aromatic carbocycles. The first-order chi connectivity index (χ1) is 9.22. The van der Waals surface area contributed by atoms with Gasteiger partial charge in [-0.05, 0) is 12.1 Å². The first-order valence-electron chi connectivity index (χ1n) is 5.86. The van der Waals surface area contributed by atoms with Crippen molar-refractivity contribution in [3.05, 3.63) is 18.3 Å². The van der Waals surface area contributed by atoms with Crippen molar-refractivity contribution in [3.8, 4) is 5.75 Å². The van der Waals surface area contributed by atoms with Crippen LogP contribution in [-0.2, 0) is 14.3 Å². The zero-order chi connectivity index (χ0) is 13.7. The van der Waals surface area contributed by atoms with Gasteiger partial charge in [0.25, 0.3) is 5.91 Å². The second-order valence-electron chi connectivity index (χ2n) is 3.94. The largest absolute Gasteiger partial charge is 0.480 e. The van der Waals surface area contributed by atoms with Gasteiger partial charge in [0.2, 0.25) is 5.91 Å². The van der Waals surface area contributed by atoms with Gasteiger partial charge in [0.1, 0.15) is 6.54 Å². The number of ether oxygens (including phenoxy) is 2. The average molecular weight is 265 g/mol. The summed E-state index contributed by atoms with van der Waals surface area (Å²) in [6.45, 7) is 0.681. The molecule has 1 aliphatic heterocycles. The molecule has 2 heterocycles. The van der Waals surface area contributed by atoms with Gasteiger partial charge in [-0.15, -0.1) is 0 Å². The molecule has 1 N–H and O–H groups in total. The third kappa shape index (κ3) is 3.19. The fourth-order valence-electron chi connectivity index (χ4n) is 1.69. The highest BCUT2D eigenvalue weighted by Crippen LogP contribution is 2.28. The van der Waals surface area contributed by atoms with E-state index in [1.54, 1.807) is 25.4 Å². The van der Waals surface area contributed by atoms with E-state index in [1.807, 2.05) is 0 Å². The number of aromatic nitrogens is 1. The van der Waals surface area contributed by atoms with E-state index >= 15 is 0 Å². The van der Waals surface area contributed by atoms with E-state index in [0.717, 1.165) is 0 Å². The summed E-state index contributed by atoms with van der Waals surface area (Å²) in [6.07, 6.45) is 1.55. The van der Waals surface area contributed by atoms with Crippen LogP contribution in [0.2, 0.25) is 0 Å². The zero-order valence-corrected chi connectivity index (χ0v) is 10.6. The molecule has 2 amide bonds. The first kappa shape index (κ1) is 13.3. The molecule has 2 rings (SSSR count). The molecule has 102 valence electrons. The average Bonchev–Trinajstić information content (AvgIpc) is 2.42. The molecular formula is C12H15N3O4. The summed E-state index contributed by atoms with van der Waals surface area (Å²) in [5, 5.41) is 2.66. The van der Waals surface area contributed by atoms with Crippen molar-refractivity contribution < 1.29 is 19.1 Å². The Morgan fingerprint density at radius 2 is 2.47 bits per heavy atom. The van der Waals surface area contributed by atoms with E-state index in [-0.39, 0.29) is 25.0 Å². The van der Waals surface area contributed by atoms with Gasteiger partial charge in [0, 0.05) is 19.9 Å². The molecule has 1 aromatic rings. The lowest BCUT2D eigenvalue weighted by molar-refractivity contribution is -0.125. The number of nitrogens with one attached hydrogen (secondary N) is 1. The molecule has 7 nitrogen and oxygen atoms in total. The van der Waals surface area contributed by atoms with Crippen molar-refractivity contribution >= 4 is 17.6 Å². The van der Waals surface area contributed by atoms with Gasteiger partial charge in [-0.2, -0.15) is 0 Å². The van der Waals surface area contributed by atoms with E-state index in [9.17, 15) is 9.59 Å². The van der Waals surface area contributed by atoms with Gasteiger partial charge < -0.3 is 14.8 Å². The van der Waals surface area contributed by atoms with Crippen molar-refractivity contribution in [3.63, 3.8) is 0 Å². The second kappa shape index (κ2) is 6.14. The summed E-state index contributed by atoms with van der Waals surface area (Å²) < 4.78 is 10.1. The Kier molecular flexibility index (Phi) is 4.30. The van der Waals surface area contributed by atoms with E-state index in [4.69, 9.17) is 9.47 Å². The minimum Gasteiger partial charge on any atom is -0.480 e. The third-order valence-electron chi connectivity index (χ3n) is 2.59. The number of anilines is 1. The Morgan fingerprint density at radius 1 is 1.63 bits per heavy atom. The fourth-order valence-corrected chi connectivity index (χ4v) is 1.69. The number of nitrogens with zero attached hydrogens (tertiary/aromatic N) is 2. The number of hydrogen-bond donors (Lipinski definition) is 1. The summed E-state index contributed by atoms with van der Waals surface area (Å²) in [5.41, 5.74) is 0. The lowest BCUT2D eigenvalue weighted by atomic mass is 10.3. The molecule has 0 spiro atoms. The molecule has 0 unspecified atom stereocenters. The van der Waals surface area contributed by atoms with Gasteiger partial charge >= 0.3 is 0 Å². The molecule has 0 bridgehead atoms. The number of rotatable bonds is 5. The molecule has 1 aromatic heterocycles. The topological polar surface area (TPSA) is 80.8 Å².